The van der Waals surface area contributed by atoms with Crippen LogP contribution < -0.4 is 10.1 Å². The molecule has 4 rings (SSSR count). The number of ether oxygens (including phenoxy) is 1. The fourth-order valence-electron chi connectivity index (χ4n) is 3.74. The van der Waals surface area contributed by atoms with Crippen LogP contribution in [0.25, 0.3) is 0 Å². The van der Waals surface area contributed by atoms with Crippen LogP contribution in [0.15, 0.2) is 42.5 Å². The molecule has 150 valence electrons. The summed E-state index contributed by atoms with van der Waals surface area (Å²) >= 11 is 0. The van der Waals surface area contributed by atoms with Crippen molar-refractivity contribution in [3.63, 3.8) is 0 Å². The number of carbonyl (C=O) groups excluding carboxylic acids is 2. The SMILES string of the molecule is O=C(NC(C(=O)O)c1ccc2c(c1)CCO2)c1ccc(CN2CCCC2=O)cc1. The third-order valence-electron chi connectivity index (χ3n) is 5.33. The lowest BCUT2D eigenvalue weighted by Crippen LogP contribution is -2.33. The van der Waals surface area contributed by atoms with Gasteiger partial charge in [-0.15, -0.1) is 0 Å². The van der Waals surface area contributed by atoms with Crippen molar-refractivity contribution >= 4 is 17.8 Å². The number of fused-ring (bicyclic) bond motifs is 1. The molecule has 0 bridgehead atoms. The number of likely N-dealkylation sites (tertiary alicyclic amines) is 1. The van der Waals surface area contributed by atoms with Crippen molar-refractivity contribution in [1.82, 2.24) is 10.2 Å². The summed E-state index contributed by atoms with van der Waals surface area (Å²) in [6.45, 7) is 1.86. The van der Waals surface area contributed by atoms with Crippen molar-refractivity contribution < 1.29 is 24.2 Å². The molecule has 2 N–H and O–H groups in total. The van der Waals surface area contributed by atoms with E-state index in [9.17, 15) is 19.5 Å². The molecule has 7 nitrogen and oxygen atoms in total. The van der Waals surface area contributed by atoms with Crippen LogP contribution in [0.3, 0.4) is 0 Å². The number of hydrogen-bond acceptors (Lipinski definition) is 4. The van der Waals surface area contributed by atoms with Crippen LogP contribution in [0.4, 0.5) is 0 Å². The molecule has 29 heavy (non-hydrogen) atoms. The molecule has 1 saturated heterocycles. The highest BCUT2D eigenvalue weighted by atomic mass is 16.5. The lowest BCUT2D eigenvalue weighted by atomic mass is 10.0. The Labute approximate surface area is 168 Å². The van der Waals surface area contributed by atoms with Gasteiger partial charge in [-0.3, -0.25) is 9.59 Å². The highest BCUT2D eigenvalue weighted by Gasteiger charge is 2.25. The molecule has 2 aromatic rings. The Morgan fingerprint density at radius 1 is 1.14 bits per heavy atom. The molecule has 0 radical (unpaired) electrons. The van der Waals surface area contributed by atoms with Crippen LogP contribution in [0.1, 0.15) is 45.9 Å². The summed E-state index contributed by atoms with van der Waals surface area (Å²) in [5, 5.41) is 12.2. The maximum Gasteiger partial charge on any atom is 0.330 e. The van der Waals surface area contributed by atoms with Crippen LogP contribution >= 0.6 is 0 Å². The van der Waals surface area contributed by atoms with E-state index in [1.807, 2.05) is 0 Å². The minimum Gasteiger partial charge on any atom is -0.493 e. The summed E-state index contributed by atoms with van der Waals surface area (Å²) in [6, 6.07) is 10.9. The van der Waals surface area contributed by atoms with Gasteiger partial charge in [0.1, 0.15) is 5.75 Å². The van der Waals surface area contributed by atoms with Crippen LogP contribution in [0, 0.1) is 0 Å². The largest absolute Gasteiger partial charge is 0.493 e. The van der Waals surface area contributed by atoms with Crippen LogP contribution in [-0.4, -0.2) is 40.9 Å². The number of nitrogens with zero attached hydrogens (tertiary/aromatic N) is 1. The molecule has 2 aliphatic rings. The summed E-state index contributed by atoms with van der Waals surface area (Å²) in [5.41, 5.74) is 2.77. The summed E-state index contributed by atoms with van der Waals surface area (Å²) in [5.74, 6) is -0.675. The fraction of sp³-hybridized carbons (Fsp3) is 0.318. The molecule has 1 atom stereocenters. The minimum atomic E-state index is -1.14. The number of rotatable bonds is 6. The van der Waals surface area contributed by atoms with Gasteiger partial charge in [0.05, 0.1) is 6.61 Å². The molecule has 0 aliphatic carbocycles. The molecule has 1 unspecified atom stereocenters. The average molecular weight is 394 g/mol. The Morgan fingerprint density at radius 3 is 2.62 bits per heavy atom. The summed E-state index contributed by atoms with van der Waals surface area (Å²) in [6.07, 6.45) is 2.20. The van der Waals surface area contributed by atoms with Crippen molar-refractivity contribution in [2.75, 3.05) is 13.2 Å². The Balaban J connectivity index is 1.45. The third-order valence-corrected chi connectivity index (χ3v) is 5.33. The average Bonchev–Trinajstić information content (AvgIpc) is 3.34. The number of amides is 2. The van der Waals surface area contributed by atoms with E-state index in [1.165, 1.54) is 0 Å². The van der Waals surface area contributed by atoms with Crippen molar-refractivity contribution in [3.05, 3.63) is 64.7 Å². The Morgan fingerprint density at radius 2 is 1.93 bits per heavy atom. The summed E-state index contributed by atoms with van der Waals surface area (Å²) < 4.78 is 5.45. The molecule has 2 aromatic carbocycles. The standard InChI is InChI=1S/C22H22N2O5/c25-19-2-1-10-24(19)13-14-3-5-15(6-4-14)21(26)23-20(22(27)28)17-7-8-18-16(12-17)9-11-29-18/h3-8,12,20H,1-2,9-11,13H2,(H,23,26)(H,27,28). The lowest BCUT2D eigenvalue weighted by Gasteiger charge is -2.17. The molecule has 7 heteroatoms. The molecule has 2 heterocycles. The van der Waals surface area contributed by atoms with E-state index < -0.39 is 17.9 Å². The number of hydrogen-bond donors (Lipinski definition) is 2. The van der Waals surface area contributed by atoms with Gasteiger partial charge in [0, 0.05) is 31.5 Å². The lowest BCUT2D eigenvalue weighted by molar-refractivity contribution is -0.139. The van der Waals surface area contributed by atoms with Crippen LogP contribution in [-0.2, 0) is 22.6 Å². The first kappa shape index (κ1) is 19.0. The zero-order chi connectivity index (χ0) is 20.4. The van der Waals surface area contributed by atoms with Crippen molar-refractivity contribution in [3.8, 4) is 5.75 Å². The molecule has 0 saturated carbocycles. The maximum absolute atomic E-state index is 12.6. The van der Waals surface area contributed by atoms with Crippen molar-refractivity contribution in [1.29, 1.82) is 0 Å². The van der Waals surface area contributed by atoms with E-state index in [0.717, 1.165) is 36.3 Å². The van der Waals surface area contributed by atoms with E-state index in [4.69, 9.17) is 4.74 Å². The quantitative estimate of drug-likeness (QED) is 0.784. The van der Waals surface area contributed by atoms with Crippen LogP contribution in [0.5, 0.6) is 5.75 Å². The van der Waals surface area contributed by atoms with E-state index in [1.54, 1.807) is 47.4 Å². The van der Waals surface area contributed by atoms with Gasteiger partial charge >= 0.3 is 5.97 Å². The van der Waals surface area contributed by atoms with E-state index >= 15 is 0 Å². The highest BCUT2D eigenvalue weighted by molar-refractivity contribution is 5.96. The monoisotopic (exact) mass is 394 g/mol. The van der Waals surface area contributed by atoms with Gasteiger partial charge in [0.25, 0.3) is 5.91 Å². The number of aliphatic carboxylic acids is 1. The minimum absolute atomic E-state index is 0.149. The molecular weight excluding hydrogens is 372 g/mol. The predicted molar refractivity (Wildman–Crippen MR) is 105 cm³/mol. The molecule has 1 fully saturated rings. The Hall–Kier alpha value is -3.35. The number of benzene rings is 2. The first-order valence-electron chi connectivity index (χ1n) is 9.67. The Kier molecular flexibility index (Phi) is 5.20. The smallest absolute Gasteiger partial charge is 0.330 e. The molecular formula is C22H22N2O5. The predicted octanol–water partition coefficient (Wildman–Crippen LogP) is 2.30. The first-order chi connectivity index (χ1) is 14.0. The Bertz CT molecular complexity index is 954. The van der Waals surface area contributed by atoms with Gasteiger partial charge in [-0.1, -0.05) is 18.2 Å². The molecule has 0 aromatic heterocycles. The maximum atomic E-state index is 12.6. The fourth-order valence-corrected chi connectivity index (χ4v) is 3.74. The molecule has 0 spiro atoms. The second-order valence-corrected chi connectivity index (χ2v) is 7.33. The highest BCUT2D eigenvalue weighted by Crippen LogP contribution is 2.28. The van der Waals surface area contributed by atoms with E-state index in [2.05, 4.69) is 5.32 Å². The molecule has 2 amide bonds. The van der Waals surface area contributed by atoms with Gasteiger partial charge in [0.15, 0.2) is 6.04 Å². The third kappa shape index (κ3) is 4.08. The van der Waals surface area contributed by atoms with Gasteiger partial charge in [-0.05, 0) is 47.4 Å². The number of carbonyl (C=O) groups is 3. The number of carboxylic acids is 1. The van der Waals surface area contributed by atoms with Gasteiger partial charge in [0.2, 0.25) is 5.91 Å². The van der Waals surface area contributed by atoms with Gasteiger partial charge in [-0.2, -0.15) is 0 Å². The zero-order valence-electron chi connectivity index (χ0n) is 15.9. The second-order valence-electron chi connectivity index (χ2n) is 7.33. The van der Waals surface area contributed by atoms with Crippen LogP contribution in [0.2, 0.25) is 0 Å². The van der Waals surface area contributed by atoms with Gasteiger partial charge in [-0.25, -0.2) is 4.79 Å². The number of nitrogens with one attached hydrogen (secondary N) is 1. The summed E-state index contributed by atoms with van der Waals surface area (Å²) in [4.78, 5) is 37.9. The molecule has 2 aliphatic heterocycles. The topological polar surface area (TPSA) is 95.9 Å². The summed E-state index contributed by atoms with van der Waals surface area (Å²) in [7, 11) is 0. The van der Waals surface area contributed by atoms with Crippen molar-refractivity contribution in [2.45, 2.75) is 31.8 Å². The first-order valence-corrected chi connectivity index (χ1v) is 9.67. The van der Waals surface area contributed by atoms with Gasteiger partial charge < -0.3 is 20.1 Å². The normalized spacial score (nSPS) is 16.3. The zero-order valence-corrected chi connectivity index (χ0v) is 15.9. The van der Waals surface area contributed by atoms with Crippen molar-refractivity contribution in [2.24, 2.45) is 0 Å². The van der Waals surface area contributed by atoms with E-state index in [0.29, 0.717) is 30.7 Å². The van der Waals surface area contributed by atoms with E-state index in [-0.39, 0.29) is 5.91 Å². The second kappa shape index (κ2) is 7.95. The number of carboxylic acid groups (broad SMARTS) is 1.